The standard InChI is InChI=1S/C14H12Cl2N2O2S/c15-13-7-12(8-17-14(13)16)21(19,20)18-11-5-4-9-2-1-3-10(9)6-11/h4-8,18H,1-3H2. The van der Waals surface area contributed by atoms with Crippen LogP contribution < -0.4 is 4.72 Å². The molecule has 0 amide bonds. The van der Waals surface area contributed by atoms with Crippen molar-refractivity contribution in [1.82, 2.24) is 4.98 Å². The van der Waals surface area contributed by atoms with Crippen LogP contribution in [0.2, 0.25) is 10.2 Å². The van der Waals surface area contributed by atoms with Crippen LogP contribution >= 0.6 is 23.2 Å². The molecular formula is C14H12Cl2N2O2S. The summed E-state index contributed by atoms with van der Waals surface area (Å²) in [5.41, 5.74) is 3.03. The molecule has 0 fully saturated rings. The van der Waals surface area contributed by atoms with Gasteiger partial charge in [-0.1, -0.05) is 29.3 Å². The highest BCUT2D eigenvalue weighted by molar-refractivity contribution is 7.92. The molecule has 0 unspecified atom stereocenters. The van der Waals surface area contributed by atoms with Crippen molar-refractivity contribution in [2.45, 2.75) is 24.2 Å². The first kappa shape index (κ1) is 14.6. The van der Waals surface area contributed by atoms with Crippen molar-refractivity contribution in [3.63, 3.8) is 0 Å². The van der Waals surface area contributed by atoms with Gasteiger partial charge in [0.1, 0.15) is 10.0 Å². The lowest BCUT2D eigenvalue weighted by atomic mass is 10.1. The molecule has 2 aromatic rings. The molecular weight excluding hydrogens is 331 g/mol. The summed E-state index contributed by atoms with van der Waals surface area (Å²) in [6, 6.07) is 6.90. The van der Waals surface area contributed by atoms with Gasteiger partial charge >= 0.3 is 0 Å². The SMILES string of the molecule is O=S(=O)(Nc1ccc2c(c1)CCC2)c1cnc(Cl)c(Cl)c1. The maximum Gasteiger partial charge on any atom is 0.263 e. The molecule has 1 heterocycles. The van der Waals surface area contributed by atoms with E-state index in [2.05, 4.69) is 9.71 Å². The molecule has 1 aliphatic carbocycles. The minimum Gasteiger partial charge on any atom is -0.280 e. The number of hydrogen-bond acceptors (Lipinski definition) is 3. The molecule has 1 aliphatic rings. The second-order valence-corrected chi connectivity index (χ2v) is 7.33. The fourth-order valence-electron chi connectivity index (χ4n) is 2.40. The van der Waals surface area contributed by atoms with Gasteiger partial charge in [-0.05, 0) is 48.6 Å². The molecule has 7 heteroatoms. The quantitative estimate of drug-likeness (QED) is 0.865. The summed E-state index contributed by atoms with van der Waals surface area (Å²) < 4.78 is 27.2. The van der Waals surface area contributed by atoms with Crippen molar-refractivity contribution in [2.75, 3.05) is 4.72 Å². The normalized spacial score (nSPS) is 14.0. The minimum absolute atomic E-state index is 0.0163. The van der Waals surface area contributed by atoms with E-state index in [-0.39, 0.29) is 15.1 Å². The Balaban J connectivity index is 1.90. The van der Waals surface area contributed by atoms with Gasteiger partial charge in [-0.15, -0.1) is 0 Å². The van der Waals surface area contributed by atoms with E-state index in [1.807, 2.05) is 12.1 Å². The maximum absolute atomic E-state index is 12.3. The zero-order chi connectivity index (χ0) is 15.0. The molecule has 0 atom stereocenters. The second-order valence-electron chi connectivity index (χ2n) is 4.89. The van der Waals surface area contributed by atoms with E-state index in [0.29, 0.717) is 5.69 Å². The van der Waals surface area contributed by atoms with Crippen molar-refractivity contribution >= 4 is 38.9 Å². The molecule has 0 radical (unpaired) electrons. The van der Waals surface area contributed by atoms with Crippen LogP contribution in [0.4, 0.5) is 5.69 Å². The average Bonchev–Trinajstić information content (AvgIpc) is 2.88. The number of benzene rings is 1. The molecule has 0 aliphatic heterocycles. The van der Waals surface area contributed by atoms with Crippen LogP contribution in [-0.2, 0) is 22.9 Å². The predicted octanol–water partition coefficient (Wildman–Crippen LogP) is 3.68. The number of rotatable bonds is 3. The summed E-state index contributed by atoms with van der Waals surface area (Å²) in [5.74, 6) is 0. The van der Waals surface area contributed by atoms with Crippen molar-refractivity contribution in [1.29, 1.82) is 0 Å². The number of nitrogens with one attached hydrogen (secondary N) is 1. The number of pyridine rings is 1. The van der Waals surface area contributed by atoms with Crippen molar-refractivity contribution in [2.24, 2.45) is 0 Å². The third-order valence-electron chi connectivity index (χ3n) is 3.43. The van der Waals surface area contributed by atoms with Crippen LogP contribution in [0.5, 0.6) is 0 Å². The van der Waals surface area contributed by atoms with Gasteiger partial charge in [-0.25, -0.2) is 13.4 Å². The molecule has 1 aromatic heterocycles. The third kappa shape index (κ3) is 3.00. The Morgan fingerprint density at radius 1 is 1.10 bits per heavy atom. The van der Waals surface area contributed by atoms with Gasteiger partial charge in [0.05, 0.1) is 5.02 Å². The number of nitrogens with zero attached hydrogens (tertiary/aromatic N) is 1. The molecule has 1 aromatic carbocycles. The topological polar surface area (TPSA) is 59.1 Å². The highest BCUT2D eigenvalue weighted by Crippen LogP contribution is 2.27. The Labute approximate surface area is 133 Å². The van der Waals surface area contributed by atoms with Gasteiger partial charge in [0, 0.05) is 11.9 Å². The van der Waals surface area contributed by atoms with Crippen molar-refractivity contribution < 1.29 is 8.42 Å². The third-order valence-corrected chi connectivity index (χ3v) is 5.47. The number of aryl methyl sites for hydroxylation is 2. The zero-order valence-electron chi connectivity index (χ0n) is 10.9. The molecule has 0 spiro atoms. The summed E-state index contributed by atoms with van der Waals surface area (Å²) in [5, 5.41) is 0.182. The van der Waals surface area contributed by atoms with Crippen LogP contribution in [-0.4, -0.2) is 13.4 Å². The molecule has 0 saturated carbocycles. The predicted molar refractivity (Wildman–Crippen MR) is 83.5 cm³/mol. The smallest absolute Gasteiger partial charge is 0.263 e. The van der Waals surface area contributed by atoms with Gasteiger partial charge < -0.3 is 0 Å². The summed E-state index contributed by atoms with van der Waals surface area (Å²) in [6.07, 6.45) is 4.34. The van der Waals surface area contributed by atoms with Gasteiger partial charge in [0.25, 0.3) is 10.0 Å². The average molecular weight is 343 g/mol. The lowest BCUT2D eigenvalue weighted by Gasteiger charge is -2.10. The molecule has 0 saturated heterocycles. The van der Waals surface area contributed by atoms with E-state index < -0.39 is 10.0 Å². The van der Waals surface area contributed by atoms with E-state index in [9.17, 15) is 8.42 Å². The molecule has 3 rings (SSSR count). The summed E-state index contributed by atoms with van der Waals surface area (Å²) in [7, 11) is -3.73. The fraction of sp³-hybridized carbons (Fsp3) is 0.214. The number of hydrogen-bond donors (Lipinski definition) is 1. The lowest BCUT2D eigenvalue weighted by molar-refractivity contribution is 0.601. The van der Waals surface area contributed by atoms with Gasteiger partial charge in [-0.3, -0.25) is 4.72 Å². The summed E-state index contributed by atoms with van der Waals surface area (Å²) >= 11 is 11.5. The lowest BCUT2D eigenvalue weighted by Crippen LogP contribution is -2.13. The number of sulfonamides is 1. The molecule has 0 bridgehead atoms. The Morgan fingerprint density at radius 2 is 1.86 bits per heavy atom. The van der Waals surface area contributed by atoms with E-state index in [0.717, 1.165) is 19.3 Å². The van der Waals surface area contributed by atoms with Gasteiger partial charge in [0.2, 0.25) is 0 Å². The van der Waals surface area contributed by atoms with E-state index in [1.165, 1.54) is 23.4 Å². The molecule has 110 valence electrons. The van der Waals surface area contributed by atoms with Crippen LogP contribution in [0.25, 0.3) is 0 Å². The fourth-order valence-corrected chi connectivity index (χ4v) is 3.75. The first-order valence-corrected chi connectivity index (χ1v) is 8.65. The largest absolute Gasteiger partial charge is 0.280 e. The van der Waals surface area contributed by atoms with Crippen LogP contribution in [0.1, 0.15) is 17.5 Å². The first-order chi connectivity index (χ1) is 9.95. The number of halogens is 2. The summed E-state index contributed by atoms with van der Waals surface area (Å²) in [4.78, 5) is 3.74. The number of anilines is 1. The minimum atomic E-state index is -3.73. The first-order valence-electron chi connectivity index (χ1n) is 6.41. The van der Waals surface area contributed by atoms with E-state index in [1.54, 1.807) is 6.07 Å². The van der Waals surface area contributed by atoms with Crippen molar-refractivity contribution in [3.05, 3.63) is 51.8 Å². The monoisotopic (exact) mass is 342 g/mol. The Hall–Kier alpha value is -1.30. The van der Waals surface area contributed by atoms with E-state index >= 15 is 0 Å². The molecule has 4 nitrogen and oxygen atoms in total. The van der Waals surface area contributed by atoms with Crippen molar-refractivity contribution in [3.8, 4) is 0 Å². The Bertz CT molecular complexity index is 807. The second kappa shape index (κ2) is 5.48. The van der Waals surface area contributed by atoms with Crippen LogP contribution in [0.15, 0.2) is 35.4 Å². The number of aromatic nitrogens is 1. The van der Waals surface area contributed by atoms with Crippen LogP contribution in [0, 0.1) is 0 Å². The zero-order valence-corrected chi connectivity index (χ0v) is 13.3. The molecule has 1 N–H and O–H groups in total. The Kier molecular flexibility index (Phi) is 3.82. The molecule has 21 heavy (non-hydrogen) atoms. The maximum atomic E-state index is 12.3. The summed E-state index contributed by atoms with van der Waals surface area (Å²) in [6.45, 7) is 0. The number of fused-ring (bicyclic) bond motifs is 1. The van der Waals surface area contributed by atoms with Crippen LogP contribution in [0.3, 0.4) is 0 Å². The van der Waals surface area contributed by atoms with E-state index in [4.69, 9.17) is 23.2 Å². The Morgan fingerprint density at radius 3 is 2.62 bits per heavy atom. The van der Waals surface area contributed by atoms with Gasteiger partial charge in [-0.2, -0.15) is 0 Å². The van der Waals surface area contributed by atoms with Gasteiger partial charge in [0.15, 0.2) is 0 Å². The highest BCUT2D eigenvalue weighted by atomic mass is 35.5. The highest BCUT2D eigenvalue weighted by Gasteiger charge is 2.18.